The predicted octanol–water partition coefficient (Wildman–Crippen LogP) is 0.797. The lowest BCUT2D eigenvalue weighted by atomic mass is 10.4. The molecule has 35 valence electrons. The molecule has 0 N–H and O–H groups in total. The summed E-state index contributed by atoms with van der Waals surface area (Å²) in [5, 5.41) is 3.84. The zero-order valence-corrected chi connectivity index (χ0v) is 4.36. The molecule has 0 aliphatic heterocycles. The Labute approximate surface area is 39.1 Å². The van der Waals surface area contributed by atoms with Crippen molar-refractivity contribution in [3.8, 4) is 0 Å². The molecule has 1 nitrogen and oxygen atoms in total. The Morgan fingerprint density at radius 1 is 1.83 bits per heavy atom. The molecular weight excluding hydrogens is 74.1 g/mol. The van der Waals surface area contributed by atoms with Crippen LogP contribution in [0.15, 0.2) is 12.2 Å². The first-order valence-electron chi connectivity index (χ1n) is 1.97. The van der Waals surface area contributed by atoms with Gasteiger partial charge < -0.3 is 0 Å². The molecule has 0 aliphatic rings. The van der Waals surface area contributed by atoms with Gasteiger partial charge in [0.05, 0.1) is 0 Å². The highest BCUT2D eigenvalue weighted by atomic mass is 14.8. The standard InChI is InChI=1S/C5H10N/c1-5(2)4-6-3/h1,4H2,2-3H3. The second-order valence-corrected chi connectivity index (χ2v) is 1.43. The fraction of sp³-hybridized carbons (Fsp3) is 0.600. The van der Waals surface area contributed by atoms with Crippen LogP contribution in [0.3, 0.4) is 0 Å². The van der Waals surface area contributed by atoms with Crippen LogP contribution in [-0.4, -0.2) is 13.6 Å². The molecule has 0 spiro atoms. The van der Waals surface area contributed by atoms with Gasteiger partial charge in [0.15, 0.2) is 0 Å². The van der Waals surface area contributed by atoms with Crippen LogP contribution in [0.2, 0.25) is 0 Å². The van der Waals surface area contributed by atoms with Gasteiger partial charge in [-0.3, -0.25) is 0 Å². The van der Waals surface area contributed by atoms with E-state index in [1.165, 1.54) is 0 Å². The first kappa shape index (κ1) is 5.70. The minimum Gasteiger partial charge on any atom is -0.241 e. The highest BCUT2D eigenvalue weighted by molar-refractivity contribution is 4.89. The van der Waals surface area contributed by atoms with Gasteiger partial charge in [-0.25, -0.2) is 5.32 Å². The van der Waals surface area contributed by atoms with E-state index in [2.05, 4.69) is 11.9 Å². The Bertz CT molecular complexity index is 47.9. The molecule has 0 atom stereocenters. The van der Waals surface area contributed by atoms with Crippen molar-refractivity contribution in [3.05, 3.63) is 12.2 Å². The van der Waals surface area contributed by atoms with Crippen LogP contribution in [0, 0.1) is 0 Å². The van der Waals surface area contributed by atoms with Gasteiger partial charge in [-0.05, 0) is 6.92 Å². The molecule has 0 bridgehead atoms. The molecule has 0 heterocycles. The SMILES string of the molecule is C=C(C)C[N]C. The third kappa shape index (κ3) is 3.70. The predicted molar refractivity (Wildman–Crippen MR) is 27.7 cm³/mol. The van der Waals surface area contributed by atoms with Crippen molar-refractivity contribution in [2.24, 2.45) is 0 Å². The average Bonchev–Trinajstić information content (AvgIpc) is 1.35. The van der Waals surface area contributed by atoms with E-state index >= 15 is 0 Å². The van der Waals surface area contributed by atoms with E-state index in [0.29, 0.717) is 0 Å². The number of nitrogens with zero attached hydrogens (tertiary/aromatic N) is 1. The van der Waals surface area contributed by atoms with Crippen molar-refractivity contribution in [3.63, 3.8) is 0 Å². The van der Waals surface area contributed by atoms with Crippen LogP contribution >= 0.6 is 0 Å². The van der Waals surface area contributed by atoms with Crippen molar-refractivity contribution in [2.45, 2.75) is 6.92 Å². The van der Waals surface area contributed by atoms with Crippen LogP contribution in [0.4, 0.5) is 0 Å². The molecule has 0 saturated carbocycles. The summed E-state index contributed by atoms with van der Waals surface area (Å²) in [6.45, 7) is 6.42. The third-order valence-electron chi connectivity index (χ3n) is 0.428. The van der Waals surface area contributed by atoms with Gasteiger partial charge in [-0.2, -0.15) is 0 Å². The molecule has 0 aromatic rings. The summed E-state index contributed by atoms with van der Waals surface area (Å²) in [5.74, 6) is 0. The summed E-state index contributed by atoms with van der Waals surface area (Å²) in [7, 11) is 1.79. The van der Waals surface area contributed by atoms with Gasteiger partial charge >= 0.3 is 0 Å². The smallest absolute Gasteiger partial charge is 0.0335 e. The van der Waals surface area contributed by atoms with E-state index in [-0.39, 0.29) is 0 Å². The molecule has 0 aromatic carbocycles. The molecule has 1 heteroatoms. The highest BCUT2D eigenvalue weighted by Gasteiger charge is 1.75. The monoisotopic (exact) mass is 84.1 g/mol. The fourth-order valence-electron chi connectivity index (χ4n) is 0.270. The number of likely N-dealkylation sites (N-methyl/N-ethyl adjacent to an activating group) is 1. The fourth-order valence-corrected chi connectivity index (χ4v) is 0.270. The van der Waals surface area contributed by atoms with Gasteiger partial charge in [0, 0.05) is 13.6 Å². The zero-order valence-electron chi connectivity index (χ0n) is 4.36. The number of rotatable bonds is 2. The maximum Gasteiger partial charge on any atom is 0.0335 e. The zero-order chi connectivity index (χ0) is 4.99. The topological polar surface area (TPSA) is 14.1 Å². The van der Waals surface area contributed by atoms with Gasteiger partial charge in [0.25, 0.3) is 0 Å². The Hall–Kier alpha value is -0.300. The molecule has 0 aromatic heterocycles. The van der Waals surface area contributed by atoms with E-state index in [1.54, 1.807) is 7.05 Å². The Kier molecular flexibility index (Phi) is 2.77. The molecular formula is C5H10N. The summed E-state index contributed by atoms with van der Waals surface area (Å²) < 4.78 is 0. The first-order valence-corrected chi connectivity index (χ1v) is 1.97. The largest absolute Gasteiger partial charge is 0.241 e. The highest BCUT2D eigenvalue weighted by Crippen LogP contribution is 1.78. The van der Waals surface area contributed by atoms with E-state index in [4.69, 9.17) is 0 Å². The van der Waals surface area contributed by atoms with Crippen molar-refractivity contribution < 1.29 is 0 Å². The summed E-state index contributed by atoms with van der Waals surface area (Å²) >= 11 is 0. The maximum atomic E-state index is 3.84. The Balaban J connectivity index is 2.83. The van der Waals surface area contributed by atoms with Crippen molar-refractivity contribution in [1.29, 1.82) is 0 Å². The second-order valence-electron chi connectivity index (χ2n) is 1.43. The van der Waals surface area contributed by atoms with Gasteiger partial charge in [-0.1, -0.05) is 12.2 Å². The molecule has 0 rings (SSSR count). The third-order valence-corrected chi connectivity index (χ3v) is 0.428. The lowest BCUT2D eigenvalue weighted by Gasteiger charge is -1.88. The quantitative estimate of drug-likeness (QED) is 0.439. The number of hydrogen-bond donors (Lipinski definition) is 0. The lowest BCUT2D eigenvalue weighted by Crippen LogP contribution is -1.98. The molecule has 0 saturated heterocycles. The van der Waals surface area contributed by atoms with Crippen LogP contribution in [0.1, 0.15) is 6.92 Å². The minimum absolute atomic E-state index is 0.806. The number of hydrogen-bond acceptors (Lipinski definition) is 0. The normalized spacial score (nSPS) is 8.33. The van der Waals surface area contributed by atoms with Crippen LogP contribution in [0.25, 0.3) is 0 Å². The summed E-state index contributed by atoms with van der Waals surface area (Å²) in [6.07, 6.45) is 0. The molecule has 0 aliphatic carbocycles. The van der Waals surface area contributed by atoms with Gasteiger partial charge in [0.1, 0.15) is 0 Å². The van der Waals surface area contributed by atoms with Crippen LogP contribution in [0.5, 0.6) is 0 Å². The van der Waals surface area contributed by atoms with Crippen molar-refractivity contribution >= 4 is 0 Å². The van der Waals surface area contributed by atoms with E-state index in [1.807, 2.05) is 6.92 Å². The molecule has 0 fully saturated rings. The lowest BCUT2D eigenvalue weighted by molar-refractivity contribution is 0.864. The van der Waals surface area contributed by atoms with E-state index in [9.17, 15) is 0 Å². The van der Waals surface area contributed by atoms with Gasteiger partial charge in [0.2, 0.25) is 0 Å². The van der Waals surface area contributed by atoms with Crippen LogP contribution < -0.4 is 5.32 Å². The molecule has 6 heavy (non-hydrogen) atoms. The van der Waals surface area contributed by atoms with Gasteiger partial charge in [-0.15, -0.1) is 0 Å². The van der Waals surface area contributed by atoms with Crippen LogP contribution in [-0.2, 0) is 0 Å². The van der Waals surface area contributed by atoms with Crippen molar-refractivity contribution in [1.82, 2.24) is 5.32 Å². The minimum atomic E-state index is 0.806. The average molecular weight is 84.1 g/mol. The van der Waals surface area contributed by atoms with Crippen molar-refractivity contribution in [2.75, 3.05) is 13.6 Å². The Morgan fingerprint density at radius 2 is 2.33 bits per heavy atom. The summed E-state index contributed by atoms with van der Waals surface area (Å²) in [6, 6.07) is 0. The van der Waals surface area contributed by atoms with E-state index in [0.717, 1.165) is 12.1 Å². The first-order chi connectivity index (χ1) is 2.77. The van der Waals surface area contributed by atoms with E-state index < -0.39 is 0 Å². The summed E-state index contributed by atoms with van der Waals surface area (Å²) in [5.41, 5.74) is 1.12. The molecule has 0 amide bonds. The summed E-state index contributed by atoms with van der Waals surface area (Å²) in [4.78, 5) is 0. The molecule has 1 radical (unpaired) electrons. The second kappa shape index (κ2) is 2.91. The molecule has 0 unspecified atom stereocenters. The maximum absolute atomic E-state index is 3.84. The Morgan fingerprint density at radius 3 is 2.33 bits per heavy atom.